The van der Waals surface area contributed by atoms with E-state index in [1.165, 1.54) is 12.8 Å². The Morgan fingerprint density at radius 3 is 2.48 bits per heavy atom. The highest BCUT2D eigenvalue weighted by Gasteiger charge is 2.17. The van der Waals surface area contributed by atoms with E-state index in [1.54, 1.807) is 48.5 Å². The van der Waals surface area contributed by atoms with Crippen molar-refractivity contribution in [3.05, 3.63) is 59.1 Å². The second-order valence-corrected chi connectivity index (χ2v) is 6.96. The number of hydrogen-bond acceptors (Lipinski definition) is 3. The fourth-order valence-electron chi connectivity index (χ4n) is 3.09. The maximum absolute atomic E-state index is 12.7. The lowest BCUT2D eigenvalue weighted by atomic mass is 10.1. The van der Waals surface area contributed by atoms with Gasteiger partial charge in [0.25, 0.3) is 11.8 Å². The molecule has 0 atom stereocenters. The molecule has 1 aliphatic rings. The SMILES string of the molecule is O=C(COc1ccccc1Cl)Nc1cccc(C(=O)N2CCCCCC2)c1. The first kappa shape index (κ1) is 19.2. The van der Waals surface area contributed by atoms with E-state index in [4.69, 9.17) is 16.3 Å². The number of anilines is 1. The number of rotatable bonds is 5. The summed E-state index contributed by atoms with van der Waals surface area (Å²) in [7, 11) is 0. The highest BCUT2D eigenvalue weighted by atomic mass is 35.5. The minimum absolute atomic E-state index is 0.0142. The Bertz CT molecular complexity index is 802. The summed E-state index contributed by atoms with van der Waals surface area (Å²) in [4.78, 5) is 26.8. The van der Waals surface area contributed by atoms with Crippen LogP contribution in [0.2, 0.25) is 5.02 Å². The Kier molecular flexibility index (Phi) is 6.71. The Labute approximate surface area is 164 Å². The van der Waals surface area contributed by atoms with E-state index < -0.39 is 0 Å². The normalized spacial score (nSPS) is 14.3. The van der Waals surface area contributed by atoms with Crippen molar-refractivity contribution in [2.75, 3.05) is 25.0 Å². The summed E-state index contributed by atoms with van der Waals surface area (Å²) in [6.07, 6.45) is 4.43. The van der Waals surface area contributed by atoms with Crippen molar-refractivity contribution >= 4 is 29.1 Å². The van der Waals surface area contributed by atoms with E-state index in [0.717, 1.165) is 25.9 Å². The molecule has 0 aliphatic carbocycles. The number of nitrogens with zero attached hydrogens (tertiary/aromatic N) is 1. The van der Waals surface area contributed by atoms with Crippen LogP contribution in [0.4, 0.5) is 5.69 Å². The van der Waals surface area contributed by atoms with Gasteiger partial charge >= 0.3 is 0 Å². The largest absolute Gasteiger partial charge is 0.482 e. The quantitative estimate of drug-likeness (QED) is 0.829. The maximum Gasteiger partial charge on any atom is 0.262 e. The second-order valence-electron chi connectivity index (χ2n) is 6.55. The molecule has 0 spiro atoms. The van der Waals surface area contributed by atoms with Gasteiger partial charge in [-0.25, -0.2) is 0 Å². The maximum atomic E-state index is 12.7. The van der Waals surface area contributed by atoms with Crippen molar-refractivity contribution in [1.82, 2.24) is 4.90 Å². The smallest absolute Gasteiger partial charge is 0.262 e. The second kappa shape index (κ2) is 9.42. The number of carbonyl (C=O) groups excluding carboxylic acids is 2. The molecule has 1 aliphatic heterocycles. The number of benzene rings is 2. The van der Waals surface area contributed by atoms with Crippen LogP contribution >= 0.6 is 11.6 Å². The number of ether oxygens (including phenoxy) is 1. The van der Waals surface area contributed by atoms with Gasteiger partial charge in [0, 0.05) is 24.3 Å². The van der Waals surface area contributed by atoms with Crippen LogP contribution in [-0.4, -0.2) is 36.4 Å². The lowest BCUT2D eigenvalue weighted by molar-refractivity contribution is -0.118. The molecule has 2 aromatic carbocycles. The summed E-state index contributed by atoms with van der Waals surface area (Å²) in [6.45, 7) is 1.43. The zero-order valence-corrected chi connectivity index (χ0v) is 15.9. The molecule has 0 unspecified atom stereocenters. The molecule has 0 radical (unpaired) electrons. The number of halogens is 1. The van der Waals surface area contributed by atoms with Crippen molar-refractivity contribution in [3.8, 4) is 5.75 Å². The highest BCUT2D eigenvalue weighted by molar-refractivity contribution is 6.32. The molecule has 1 saturated heterocycles. The number of carbonyl (C=O) groups is 2. The Morgan fingerprint density at radius 2 is 1.74 bits per heavy atom. The van der Waals surface area contributed by atoms with Crippen LogP contribution in [0.5, 0.6) is 5.75 Å². The zero-order valence-electron chi connectivity index (χ0n) is 15.1. The van der Waals surface area contributed by atoms with Gasteiger partial charge in [-0.15, -0.1) is 0 Å². The first-order valence-corrected chi connectivity index (χ1v) is 9.58. The van der Waals surface area contributed by atoms with Crippen LogP contribution in [0, 0.1) is 0 Å². The summed E-state index contributed by atoms with van der Waals surface area (Å²) < 4.78 is 5.44. The van der Waals surface area contributed by atoms with Gasteiger partial charge in [0.1, 0.15) is 5.75 Å². The number of hydrogen-bond donors (Lipinski definition) is 1. The van der Waals surface area contributed by atoms with Crippen LogP contribution in [-0.2, 0) is 4.79 Å². The molecule has 0 saturated carbocycles. The molecule has 142 valence electrons. The van der Waals surface area contributed by atoms with Gasteiger partial charge in [0.2, 0.25) is 0 Å². The van der Waals surface area contributed by atoms with E-state index in [2.05, 4.69) is 5.32 Å². The predicted molar refractivity (Wildman–Crippen MR) is 106 cm³/mol. The third-order valence-corrected chi connectivity index (χ3v) is 4.79. The van der Waals surface area contributed by atoms with Crippen LogP contribution in [0.15, 0.2) is 48.5 Å². The van der Waals surface area contributed by atoms with Gasteiger partial charge in [-0.3, -0.25) is 9.59 Å². The fraction of sp³-hybridized carbons (Fsp3) is 0.333. The lowest BCUT2D eigenvalue weighted by Gasteiger charge is -2.20. The van der Waals surface area contributed by atoms with Gasteiger partial charge in [-0.2, -0.15) is 0 Å². The Balaban J connectivity index is 1.59. The summed E-state index contributed by atoms with van der Waals surface area (Å²) in [6, 6.07) is 14.0. The third kappa shape index (κ3) is 5.47. The van der Waals surface area contributed by atoms with Crippen LogP contribution in [0.1, 0.15) is 36.0 Å². The van der Waals surface area contributed by atoms with Gasteiger partial charge < -0.3 is 15.0 Å². The molecule has 1 fully saturated rings. The van der Waals surface area contributed by atoms with Crippen molar-refractivity contribution in [2.45, 2.75) is 25.7 Å². The number of likely N-dealkylation sites (tertiary alicyclic amines) is 1. The van der Waals surface area contributed by atoms with Gasteiger partial charge in [-0.1, -0.05) is 42.6 Å². The van der Waals surface area contributed by atoms with E-state index in [0.29, 0.717) is 22.0 Å². The summed E-state index contributed by atoms with van der Waals surface area (Å²) >= 11 is 6.01. The fourth-order valence-corrected chi connectivity index (χ4v) is 3.28. The minimum Gasteiger partial charge on any atom is -0.482 e. The van der Waals surface area contributed by atoms with E-state index in [-0.39, 0.29) is 18.4 Å². The Morgan fingerprint density at radius 1 is 1.00 bits per heavy atom. The molecule has 1 N–H and O–H groups in total. The molecule has 6 heteroatoms. The van der Waals surface area contributed by atoms with Gasteiger partial charge in [-0.05, 0) is 43.2 Å². The Hall–Kier alpha value is -2.53. The number of para-hydroxylation sites is 1. The topological polar surface area (TPSA) is 58.6 Å². The van der Waals surface area contributed by atoms with Crippen molar-refractivity contribution < 1.29 is 14.3 Å². The molecule has 1 heterocycles. The van der Waals surface area contributed by atoms with Crippen LogP contribution in [0.25, 0.3) is 0 Å². The van der Waals surface area contributed by atoms with Gasteiger partial charge in [0.15, 0.2) is 6.61 Å². The standard InChI is InChI=1S/C21H23ClN2O3/c22-18-10-3-4-11-19(18)27-15-20(25)23-17-9-7-8-16(14-17)21(26)24-12-5-1-2-6-13-24/h3-4,7-11,14H,1-2,5-6,12-13,15H2,(H,23,25). The van der Waals surface area contributed by atoms with E-state index >= 15 is 0 Å². The molecule has 2 amide bonds. The van der Waals surface area contributed by atoms with Crippen molar-refractivity contribution in [2.24, 2.45) is 0 Å². The molecule has 5 nitrogen and oxygen atoms in total. The first-order valence-electron chi connectivity index (χ1n) is 9.20. The predicted octanol–water partition coefficient (Wildman–Crippen LogP) is 4.37. The molecule has 2 aromatic rings. The van der Waals surface area contributed by atoms with Crippen LogP contribution < -0.4 is 10.1 Å². The zero-order chi connectivity index (χ0) is 19.1. The monoisotopic (exact) mass is 386 g/mol. The van der Waals surface area contributed by atoms with Crippen molar-refractivity contribution in [1.29, 1.82) is 0 Å². The molecule has 27 heavy (non-hydrogen) atoms. The van der Waals surface area contributed by atoms with E-state index in [9.17, 15) is 9.59 Å². The summed E-state index contributed by atoms with van der Waals surface area (Å²) in [5, 5.41) is 3.22. The third-order valence-electron chi connectivity index (χ3n) is 4.48. The lowest BCUT2D eigenvalue weighted by Crippen LogP contribution is -2.31. The summed E-state index contributed by atoms with van der Waals surface area (Å²) in [5.41, 5.74) is 1.16. The average molecular weight is 387 g/mol. The molecular formula is C21H23ClN2O3. The van der Waals surface area contributed by atoms with Gasteiger partial charge in [0.05, 0.1) is 5.02 Å². The van der Waals surface area contributed by atoms with E-state index in [1.807, 2.05) is 4.90 Å². The molecule has 3 rings (SSSR count). The highest BCUT2D eigenvalue weighted by Crippen LogP contribution is 2.23. The molecular weight excluding hydrogens is 364 g/mol. The molecule has 0 aromatic heterocycles. The molecule has 0 bridgehead atoms. The van der Waals surface area contributed by atoms with Crippen LogP contribution in [0.3, 0.4) is 0 Å². The summed E-state index contributed by atoms with van der Waals surface area (Å²) in [5.74, 6) is 0.161. The minimum atomic E-state index is -0.311. The van der Waals surface area contributed by atoms with Crippen molar-refractivity contribution in [3.63, 3.8) is 0 Å². The first-order chi connectivity index (χ1) is 13.1. The number of amides is 2. The number of nitrogens with one attached hydrogen (secondary N) is 1. The average Bonchev–Trinajstić information content (AvgIpc) is 2.96.